The third-order valence-corrected chi connectivity index (χ3v) is 1.01. The van der Waals surface area contributed by atoms with Crippen molar-refractivity contribution in [3.05, 3.63) is 19.1 Å². The topological polar surface area (TPSA) is 32.8 Å². The van der Waals surface area contributed by atoms with Gasteiger partial charge in [-0.3, -0.25) is 0 Å². The van der Waals surface area contributed by atoms with Crippen molar-refractivity contribution in [2.45, 2.75) is 12.2 Å². The standard InChI is InChI=1S/C6H9O2/c1-2-5(7)3-6-4-8-6/h2-3,5-7H,1,4H2. The summed E-state index contributed by atoms with van der Waals surface area (Å²) >= 11 is 0. The smallest absolute Gasteiger partial charge is 0.0870 e. The second kappa shape index (κ2) is 2.29. The van der Waals surface area contributed by atoms with E-state index in [-0.39, 0.29) is 6.10 Å². The monoisotopic (exact) mass is 113 g/mol. The van der Waals surface area contributed by atoms with Gasteiger partial charge < -0.3 is 9.84 Å². The highest BCUT2D eigenvalue weighted by atomic mass is 16.6. The van der Waals surface area contributed by atoms with E-state index in [1.54, 1.807) is 6.42 Å². The Labute approximate surface area is 48.8 Å². The minimum absolute atomic E-state index is 0.183. The minimum atomic E-state index is -0.498. The van der Waals surface area contributed by atoms with Gasteiger partial charge >= 0.3 is 0 Å². The van der Waals surface area contributed by atoms with Crippen molar-refractivity contribution in [2.24, 2.45) is 0 Å². The maximum atomic E-state index is 8.81. The molecule has 0 aromatic rings. The molecule has 0 spiro atoms. The summed E-state index contributed by atoms with van der Waals surface area (Å²) in [6.07, 6.45) is 2.87. The number of rotatable bonds is 3. The summed E-state index contributed by atoms with van der Waals surface area (Å²) in [6.45, 7) is 4.16. The largest absolute Gasteiger partial charge is 0.389 e. The Morgan fingerprint density at radius 1 is 1.88 bits per heavy atom. The summed E-state index contributed by atoms with van der Waals surface area (Å²) in [5.41, 5.74) is 0. The number of aliphatic hydroxyl groups excluding tert-OH is 1. The van der Waals surface area contributed by atoms with Crippen LogP contribution in [-0.4, -0.2) is 23.9 Å². The summed E-state index contributed by atoms with van der Waals surface area (Å²) in [4.78, 5) is 0. The first-order chi connectivity index (χ1) is 3.83. The van der Waals surface area contributed by atoms with E-state index in [1.807, 2.05) is 0 Å². The average molecular weight is 113 g/mol. The lowest BCUT2D eigenvalue weighted by atomic mass is 10.2. The quantitative estimate of drug-likeness (QED) is 0.417. The molecular formula is C6H9O2. The lowest BCUT2D eigenvalue weighted by Crippen LogP contribution is -2.06. The molecule has 1 heterocycles. The van der Waals surface area contributed by atoms with Crippen molar-refractivity contribution in [3.8, 4) is 0 Å². The van der Waals surface area contributed by atoms with Gasteiger partial charge in [-0.15, -0.1) is 6.58 Å². The van der Waals surface area contributed by atoms with Crippen LogP contribution in [0.2, 0.25) is 0 Å². The Bertz CT molecular complexity index is 86.5. The molecule has 1 radical (unpaired) electrons. The average Bonchev–Trinajstić information content (AvgIpc) is 2.50. The number of hydrogen-bond acceptors (Lipinski definition) is 2. The van der Waals surface area contributed by atoms with Crippen LogP contribution in [0.4, 0.5) is 0 Å². The van der Waals surface area contributed by atoms with Gasteiger partial charge in [-0.05, 0) is 0 Å². The normalized spacial score (nSPS) is 29.4. The molecule has 0 saturated carbocycles. The van der Waals surface area contributed by atoms with Crippen LogP contribution in [0.5, 0.6) is 0 Å². The highest BCUT2D eigenvalue weighted by Crippen LogP contribution is 2.14. The van der Waals surface area contributed by atoms with Crippen molar-refractivity contribution in [2.75, 3.05) is 6.61 Å². The highest BCUT2D eigenvalue weighted by Gasteiger charge is 2.24. The Balaban J connectivity index is 2.06. The van der Waals surface area contributed by atoms with Crippen LogP contribution in [0.25, 0.3) is 0 Å². The van der Waals surface area contributed by atoms with E-state index in [4.69, 9.17) is 9.84 Å². The lowest BCUT2D eigenvalue weighted by molar-refractivity contribution is 0.242. The molecule has 0 aliphatic carbocycles. The first-order valence-electron chi connectivity index (χ1n) is 2.60. The van der Waals surface area contributed by atoms with Crippen LogP contribution < -0.4 is 0 Å². The molecule has 0 bridgehead atoms. The van der Waals surface area contributed by atoms with Gasteiger partial charge in [-0.25, -0.2) is 0 Å². The number of ether oxygens (including phenoxy) is 1. The first kappa shape index (κ1) is 5.79. The molecule has 1 N–H and O–H groups in total. The van der Waals surface area contributed by atoms with E-state index in [0.717, 1.165) is 6.61 Å². The molecule has 0 aromatic carbocycles. The Morgan fingerprint density at radius 2 is 2.50 bits per heavy atom. The van der Waals surface area contributed by atoms with Crippen LogP contribution >= 0.6 is 0 Å². The number of epoxide rings is 1. The van der Waals surface area contributed by atoms with Crippen molar-refractivity contribution in [1.29, 1.82) is 0 Å². The summed E-state index contributed by atoms with van der Waals surface area (Å²) < 4.78 is 4.82. The van der Waals surface area contributed by atoms with Crippen LogP contribution in [0, 0.1) is 6.42 Å². The van der Waals surface area contributed by atoms with E-state index in [0.29, 0.717) is 0 Å². The van der Waals surface area contributed by atoms with Gasteiger partial charge in [0.1, 0.15) is 0 Å². The fourth-order valence-corrected chi connectivity index (χ4v) is 0.465. The molecule has 2 nitrogen and oxygen atoms in total. The van der Waals surface area contributed by atoms with E-state index in [9.17, 15) is 0 Å². The fraction of sp³-hybridized carbons (Fsp3) is 0.500. The first-order valence-corrected chi connectivity index (χ1v) is 2.60. The molecule has 1 aliphatic heterocycles. The molecule has 1 aliphatic rings. The molecule has 2 atom stereocenters. The summed E-state index contributed by atoms with van der Waals surface area (Å²) in [7, 11) is 0. The molecule has 2 heteroatoms. The third-order valence-electron chi connectivity index (χ3n) is 1.01. The molecular weight excluding hydrogens is 104 g/mol. The maximum absolute atomic E-state index is 8.81. The zero-order valence-electron chi connectivity index (χ0n) is 4.58. The third kappa shape index (κ3) is 1.64. The van der Waals surface area contributed by atoms with E-state index in [2.05, 4.69) is 6.58 Å². The van der Waals surface area contributed by atoms with Crippen LogP contribution in [0.15, 0.2) is 12.7 Å². The van der Waals surface area contributed by atoms with E-state index >= 15 is 0 Å². The SMILES string of the molecule is C=CC(O)[CH]C1CO1. The van der Waals surface area contributed by atoms with E-state index < -0.39 is 6.10 Å². The van der Waals surface area contributed by atoms with E-state index in [1.165, 1.54) is 6.08 Å². The number of aliphatic hydroxyl groups is 1. The second-order valence-electron chi connectivity index (χ2n) is 1.79. The fourth-order valence-electron chi connectivity index (χ4n) is 0.465. The second-order valence-corrected chi connectivity index (χ2v) is 1.79. The minimum Gasteiger partial charge on any atom is -0.389 e. The van der Waals surface area contributed by atoms with Gasteiger partial charge in [0, 0.05) is 6.42 Å². The van der Waals surface area contributed by atoms with Crippen molar-refractivity contribution in [1.82, 2.24) is 0 Å². The van der Waals surface area contributed by atoms with Crippen LogP contribution in [-0.2, 0) is 4.74 Å². The van der Waals surface area contributed by atoms with Gasteiger partial charge in [0.25, 0.3) is 0 Å². The van der Waals surface area contributed by atoms with Gasteiger partial charge in [0.05, 0.1) is 18.8 Å². The van der Waals surface area contributed by atoms with Crippen LogP contribution in [0.3, 0.4) is 0 Å². The molecule has 2 unspecified atom stereocenters. The van der Waals surface area contributed by atoms with Gasteiger partial charge in [-0.1, -0.05) is 6.08 Å². The predicted octanol–water partition coefficient (Wildman–Crippen LogP) is 0.136. The van der Waals surface area contributed by atoms with Crippen molar-refractivity contribution >= 4 is 0 Å². The molecule has 45 valence electrons. The highest BCUT2D eigenvalue weighted by molar-refractivity contribution is 4.98. The summed E-state index contributed by atoms with van der Waals surface area (Å²) in [5.74, 6) is 0. The summed E-state index contributed by atoms with van der Waals surface area (Å²) in [5, 5.41) is 8.81. The molecule has 0 amide bonds. The molecule has 1 saturated heterocycles. The Morgan fingerprint density at radius 3 is 2.88 bits per heavy atom. The zero-order valence-corrected chi connectivity index (χ0v) is 4.58. The number of hydrogen-bond donors (Lipinski definition) is 1. The zero-order chi connectivity index (χ0) is 5.98. The Hall–Kier alpha value is -0.340. The maximum Gasteiger partial charge on any atom is 0.0870 e. The van der Waals surface area contributed by atoms with Gasteiger partial charge in [0.15, 0.2) is 0 Å². The molecule has 0 aromatic heterocycles. The van der Waals surface area contributed by atoms with Gasteiger partial charge in [-0.2, -0.15) is 0 Å². The molecule has 8 heavy (non-hydrogen) atoms. The van der Waals surface area contributed by atoms with Gasteiger partial charge in [0.2, 0.25) is 0 Å². The summed E-state index contributed by atoms with van der Waals surface area (Å²) in [6, 6.07) is 0. The lowest BCUT2D eigenvalue weighted by Gasteiger charge is -1.97. The predicted molar refractivity (Wildman–Crippen MR) is 30.2 cm³/mol. The Kier molecular flexibility index (Phi) is 1.65. The van der Waals surface area contributed by atoms with Crippen molar-refractivity contribution < 1.29 is 9.84 Å². The molecule has 1 fully saturated rings. The van der Waals surface area contributed by atoms with Crippen molar-refractivity contribution in [3.63, 3.8) is 0 Å². The van der Waals surface area contributed by atoms with Crippen LogP contribution in [0.1, 0.15) is 0 Å². The molecule has 1 rings (SSSR count).